The molecule has 1 aliphatic heterocycles. The molecule has 1 aromatic heterocycles. The van der Waals surface area contributed by atoms with E-state index >= 15 is 0 Å². The van der Waals surface area contributed by atoms with Gasteiger partial charge in [-0.25, -0.2) is 4.98 Å². The van der Waals surface area contributed by atoms with Crippen LogP contribution in [0.3, 0.4) is 0 Å². The third-order valence-electron chi connectivity index (χ3n) is 3.94. The largest absolute Gasteiger partial charge is 0.491 e. The molecule has 2 heterocycles. The van der Waals surface area contributed by atoms with Crippen LogP contribution >= 0.6 is 0 Å². The van der Waals surface area contributed by atoms with Gasteiger partial charge in [-0.1, -0.05) is 6.07 Å². The van der Waals surface area contributed by atoms with Crippen molar-refractivity contribution in [1.82, 2.24) is 4.98 Å². The van der Waals surface area contributed by atoms with E-state index in [2.05, 4.69) is 15.0 Å². The molecule has 0 aliphatic carbocycles. The minimum Gasteiger partial charge on any atom is -0.491 e. The molecule has 6 nitrogen and oxygen atoms in total. The highest BCUT2D eigenvalue weighted by Crippen LogP contribution is 2.23. The van der Waals surface area contributed by atoms with E-state index in [0.717, 1.165) is 19.4 Å². The molecule has 3 rings (SSSR count). The molecule has 1 aliphatic rings. The molecule has 1 fully saturated rings. The van der Waals surface area contributed by atoms with Crippen LogP contribution in [0.25, 0.3) is 0 Å². The van der Waals surface area contributed by atoms with E-state index in [9.17, 15) is 18.0 Å². The van der Waals surface area contributed by atoms with Gasteiger partial charge in [0.1, 0.15) is 17.9 Å². The summed E-state index contributed by atoms with van der Waals surface area (Å²) in [6.07, 6.45) is -1.27. The van der Waals surface area contributed by atoms with Gasteiger partial charge >= 0.3 is 6.18 Å². The third kappa shape index (κ3) is 5.85. The van der Waals surface area contributed by atoms with Crippen molar-refractivity contribution in [2.45, 2.75) is 25.1 Å². The van der Waals surface area contributed by atoms with Gasteiger partial charge in [0.25, 0.3) is 5.91 Å². The minimum absolute atomic E-state index is 0.0574. The number of pyridine rings is 1. The van der Waals surface area contributed by atoms with Gasteiger partial charge in [-0.2, -0.15) is 13.2 Å². The fourth-order valence-electron chi connectivity index (χ4n) is 2.66. The summed E-state index contributed by atoms with van der Waals surface area (Å²) in [5.74, 6) is -0.474. The Hall–Kier alpha value is -2.81. The lowest BCUT2D eigenvalue weighted by Gasteiger charge is -2.14. The summed E-state index contributed by atoms with van der Waals surface area (Å²) in [5, 5.41) is 2.61. The molecule has 0 bridgehead atoms. The Morgan fingerprint density at radius 3 is 2.86 bits per heavy atom. The van der Waals surface area contributed by atoms with Crippen molar-refractivity contribution in [3.05, 3.63) is 48.2 Å². The van der Waals surface area contributed by atoms with Crippen molar-refractivity contribution < 1.29 is 32.2 Å². The second-order valence-corrected chi connectivity index (χ2v) is 6.19. The van der Waals surface area contributed by atoms with Gasteiger partial charge in [0.05, 0.1) is 6.10 Å². The van der Waals surface area contributed by atoms with Gasteiger partial charge < -0.3 is 19.5 Å². The number of hydrogen-bond donors (Lipinski definition) is 1. The Morgan fingerprint density at radius 1 is 1.25 bits per heavy atom. The number of carbonyl (C=O) groups is 1. The lowest BCUT2D eigenvalue weighted by molar-refractivity contribution is -0.154. The number of ether oxygens (including phenoxy) is 3. The number of carbonyl (C=O) groups excluding carboxylic acids is 1. The smallest absolute Gasteiger partial charge is 0.422 e. The molecule has 1 saturated heterocycles. The topological polar surface area (TPSA) is 69.7 Å². The van der Waals surface area contributed by atoms with E-state index in [-0.39, 0.29) is 17.5 Å². The normalized spacial score (nSPS) is 16.6. The zero-order chi connectivity index (χ0) is 20.0. The van der Waals surface area contributed by atoms with Crippen LogP contribution in [-0.4, -0.2) is 43.0 Å². The molecule has 1 amide bonds. The number of halogens is 3. The molecular weight excluding hydrogens is 377 g/mol. The van der Waals surface area contributed by atoms with E-state index in [1.54, 1.807) is 24.3 Å². The molecule has 28 heavy (non-hydrogen) atoms. The number of alkyl halides is 3. The average Bonchev–Trinajstić information content (AvgIpc) is 3.18. The number of nitrogens with one attached hydrogen (secondary N) is 1. The molecule has 1 atom stereocenters. The second-order valence-electron chi connectivity index (χ2n) is 6.19. The number of amides is 1. The number of benzene rings is 1. The molecule has 150 valence electrons. The van der Waals surface area contributed by atoms with Crippen LogP contribution in [0.4, 0.5) is 18.9 Å². The first kappa shape index (κ1) is 19.9. The lowest BCUT2D eigenvalue weighted by Crippen LogP contribution is -2.22. The highest BCUT2D eigenvalue weighted by atomic mass is 19.4. The Balaban J connectivity index is 1.63. The van der Waals surface area contributed by atoms with Crippen LogP contribution in [0, 0.1) is 0 Å². The lowest BCUT2D eigenvalue weighted by atomic mass is 10.2. The maximum absolute atomic E-state index is 12.5. The van der Waals surface area contributed by atoms with Gasteiger partial charge in [-0.15, -0.1) is 0 Å². The molecule has 0 radical (unpaired) electrons. The van der Waals surface area contributed by atoms with Crippen molar-refractivity contribution in [2.75, 3.05) is 25.1 Å². The zero-order valence-corrected chi connectivity index (χ0v) is 14.9. The van der Waals surface area contributed by atoms with Crippen LogP contribution in [0.15, 0.2) is 42.6 Å². The fraction of sp³-hybridized carbons (Fsp3) is 0.368. The predicted octanol–water partition coefficient (Wildman–Crippen LogP) is 3.83. The first-order valence-electron chi connectivity index (χ1n) is 8.71. The number of anilines is 1. The van der Waals surface area contributed by atoms with Crippen LogP contribution in [0.1, 0.15) is 23.2 Å². The number of nitrogens with zero attached hydrogens (tertiary/aromatic N) is 1. The SMILES string of the molecule is O=C(Nc1cccc(OCC2CCCO2)c1)c1cccnc1OCC(F)(F)F. The third-order valence-corrected chi connectivity index (χ3v) is 3.94. The van der Waals surface area contributed by atoms with E-state index < -0.39 is 18.7 Å². The van der Waals surface area contributed by atoms with Gasteiger partial charge in [-0.3, -0.25) is 4.79 Å². The molecule has 2 aromatic rings. The Labute approximate surface area is 159 Å². The van der Waals surface area contributed by atoms with Gasteiger partial charge in [0, 0.05) is 24.6 Å². The summed E-state index contributed by atoms with van der Waals surface area (Å²) in [6.45, 7) is -0.389. The number of rotatable bonds is 7. The van der Waals surface area contributed by atoms with E-state index in [1.165, 1.54) is 18.3 Å². The van der Waals surface area contributed by atoms with E-state index in [4.69, 9.17) is 9.47 Å². The first-order valence-corrected chi connectivity index (χ1v) is 8.71. The number of aromatic nitrogens is 1. The number of hydrogen-bond acceptors (Lipinski definition) is 5. The molecule has 1 aromatic carbocycles. The maximum Gasteiger partial charge on any atom is 0.422 e. The quantitative estimate of drug-likeness (QED) is 0.770. The second kappa shape index (κ2) is 8.92. The first-order chi connectivity index (χ1) is 13.4. The summed E-state index contributed by atoms with van der Waals surface area (Å²) in [6, 6.07) is 9.49. The summed E-state index contributed by atoms with van der Waals surface area (Å²) in [7, 11) is 0. The van der Waals surface area contributed by atoms with Crippen LogP contribution in [0.2, 0.25) is 0 Å². The standard InChI is InChI=1S/C19H19F3N2O4/c20-19(21,22)12-28-18-16(7-2-8-23-18)17(25)24-13-4-1-5-14(10-13)27-11-15-6-3-9-26-15/h1-2,4-5,7-8,10,15H,3,6,9,11-12H2,(H,24,25). The van der Waals surface area contributed by atoms with Crippen molar-refractivity contribution in [3.63, 3.8) is 0 Å². The summed E-state index contributed by atoms with van der Waals surface area (Å²) >= 11 is 0. The van der Waals surface area contributed by atoms with E-state index in [0.29, 0.717) is 18.0 Å². The molecule has 1 N–H and O–H groups in total. The predicted molar refractivity (Wildman–Crippen MR) is 94.7 cm³/mol. The highest BCUT2D eigenvalue weighted by Gasteiger charge is 2.29. The average molecular weight is 396 g/mol. The van der Waals surface area contributed by atoms with Crippen molar-refractivity contribution in [3.8, 4) is 11.6 Å². The van der Waals surface area contributed by atoms with Crippen molar-refractivity contribution in [2.24, 2.45) is 0 Å². The van der Waals surface area contributed by atoms with E-state index in [1.807, 2.05) is 0 Å². The molecule has 0 spiro atoms. The fourth-order valence-corrected chi connectivity index (χ4v) is 2.66. The monoisotopic (exact) mass is 396 g/mol. The zero-order valence-electron chi connectivity index (χ0n) is 14.9. The van der Waals surface area contributed by atoms with Gasteiger partial charge in [-0.05, 0) is 37.1 Å². The summed E-state index contributed by atoms with van der Waals surface area (Å²) < 4.78 is 52.9. The Bertz CT molecular complexity index is 808. The molecule has 1 unspecified atom stereocenters. The van der Waals surface area contributed by atoms with Crippen LogP contribution in [0.5, 0.6) is 11.6 Å². The van der Waals surface area contributed by atoms with Gasteiger partial charge in [0.2, 0.25) is 5.88 Å². The van der Waals surface area contributed by atoms with Crippen molar-refractivity contribution in [1.29, 1.82) is 0 Å². The highest BCUT2D eigenvalue weighted by molar-refractivity contribution is 6.05. The molecule has 0 saturated carbocycles. The summed E-state index contributed by atoms with van der Waals surface area (Å²) in [5.41, 5.74) is 0.331. The van der Waals surface area contributed by atoms with Crippen molar-refractivity contribution >= 4 is 11.6 Å². The minimum atomic E-state index is -4.53. The van der Waals surface area contributed by atoms with Crippen LogP contribution in [-0.2, 0) is 4.74 Å². The van der Waals surface area contributed by atoms with Crippen LogP contribution < -0.4 is 14.8 Å². The Kier molecular flexibility index (Phi) is 6.35. The summed E-state index contributed by atoms with van der Waals surface area (Å²) in [4.78, 5) is 16.2. The van der Waals surface area contributed by atoms with Gasteiger partial charge in [0.15, 0.2) is 6.61 Å². The molecular formula is C19H19F3N2O4. The Morgan fingerprint density at radius 2 is 2.11 bits per heavy atom. The maximum atomic E-state index is 12.5. The molecule has 9 heteroatoms.